The molecule has 18 heavy (non-hydrogen) atoms. The second-order valence-corrected chi connectivity index (χ2v) is 6.13. The van der Waals surface area contributed by atoms with Crippen molar-refractivity contribution in [3.05, 3.63) is 41.1 Å². The average Bonchev–Trinajstić information content (AvgIpc) is 2.28. The van der Waals surface area contributed by atoms with Crippen LogP contribution in [0.15, 0.2) is 40.5 Å². The Labute approximate surface area is 114 Å². The van der Waals surface area contributed by atoms with Crippen molar-refractivity contribution in [1.29, 1.82) is 0 Å². The van der Waals surface area contributed by atoms with E-state index < -0.39 is 10.1 Å². The second kappa shape index (κ2) is 6.25. The van der Waals surface area contributed by atoms with Crippen LogP contribution in [0.3, 0.4) is 0 Å². The highest BCUT2D eigenvalue weighted by molar-refractivity contribution is 7.87. The lowest BCUT2D eigenvalue weighted by Crippen LogP contribution is -2.05. The van der Waals surface area contributed by atoms with Gasteiger partial charge in [-0.25, -0.2) is 0 Å². The molecule has 1 aromatic rings. The summed E-state index contributed by atoms with van der Waals surface area (Å²) >= 11 is 5.78. The standard InChI is InChI=1S/C13H17ClO3S/c1-4-10(2)9-13(14)17-18(15,16)12-7-5-11(3)6-8-12/h5-10H,4H2,1-3H3/b13-9-. The highest BCUT2D eigenvalue weighted by Crippen LogP contribution is 2.20. The first kappa shape index (κ1) is 15.1. The Kier molecular flexibility index (Phi) is 5.23. The summed E-state index contributed by atoms with van der Waals surface area (Å²) in [5.74, 6) is 0.172. The molecule has 3 nitrogen and oxygen atoms in total. The minimum absolute atomic E-state index is 0.101. The van der Waals surface area contributed by atoms with Gasteiger partial charge >= 0.3 is 10.1 Å². The van der Waals surface area contributed by atoms with Gasteiger partial charge in [0.15, 0.2) is 0 Å². The predicted molar refractivity (Wildman–Crippen MR) is 72.8 cm³/mol. The van der Waals surface area contributed by atoms with Crippen LogP contribution < -0.4 is 0 Å². The lowest BCUT2D eigenvalue weighted by Gasteiger charge is -2.07. The number of aryl methyl sites for hydroxylation is 1. The second-order valence-electron chi connectivity index (χ2n) is 4.21. The lowest BCUT2D eigenvalue weighted by atomic mass is 10.1. The number of rotatable bonds is 5. The largest absolute Gasteiger partial charge is 0.367 e. The van der Waals surface area contributed by atoms with Gasteiger partial charge in [-0.1, -0.05) is 31.5 Å². The van der Waals surface area contributed by atoms with Gasteiger partial charge in [-0.2, -0.15) is 8.42 Å². The average molecular weight is 289 g/mol. The Morgan fingerprint density at radius 3 is 2.44 bits per heavy atom. The maximum Gasteiger partial charge on any atom is 0.340 e. The van der Waals surface area contributed by atoms with Gasteiger partial charge in [-0.3, -0.25) is 0 Å². The smallest absolute Gasteiger partial charge is 0.340 e. The van der Waals surface area contributed by atoms with E-state index in [1.54, 1.807) is 18.2 Å². The molecule has 0 aliphatic rings. The molecule has 100 valence electrons. The summed E-state index contributed by atoms with van der Waals surface area (Å²) < 4.78 is 28.6. The van der Waals surface area contributed by atoms with Gasteiger partial charge in [0.2, 0.25) is 5.22 Å². The Hall–Kier alpha value is -1.00. The first-order valence-electron chi connectivity index (χ1n) is 5.73. The Balaban J connectivity index is 2.89. The topological polar surface area (TPSA) is 43.4 Å². The molecule has 0 heterocycles. The van der Waals surface area contributed by atoms with Crippen LogP contribution in [-0.4, -0.2) is 8.42 Å². The lowest BCUT2D eigenvalue weighted by molar-refractivity contribution is 0.426. The van der Waals surface area contributed by atoms with Crippen LogP contribution in [0.25, 0.3) is 0 Å². The van der Waals surface area contributed by atoms with E-state index in [4.69, 9.17) is 15.8 Å². The van der Waals surface area contributed by atoms with Gasteiger partial charge in [-0.05, 0) is 49.1 Å². The quantitative estimate of drug-likeness (QED) is 0.611. The molecule has 0 aromatic heterocycles. The number of benzene rings is 1. The number of allylic oxidation sites excluding steroid dienone is 1. The molecule has 1 rings (SSSR count). The van der Waals surface area contributed by atoms with Gasteiger partial charge in [-0.15, -0.1) is 0 Å². The van der Waals surface area contributed by atoms with E-state index in [2.05, 4.69) is 0 Å². The maximum absolute atomic E-state index is 11.9. The van der Waals surface area contributed by atoms with Crippen molar-refractivity contribution in [2.24, 2.45) is 5.92 Å². The van der Waals surface area contributed by atoms with Crippen molar-refractivity contribution < 1.29 is 12.6 Å². The van der Waals surface area contributed by atoms with E-state index in [0.717, 1.165) is 12.0 Å². The van der Waals surface area contributed by atoms with Gasteiger partial charge in [0, 0.05) is 0 Å². The fourth-order valence-corrected chi connectivity index (χ4v) is 2.52. The van der Waals surface area contributed by atoms with Crippen LogP contribution in [-0.2, 0) is 14.3 Å². The number of hydrogen-bond donors (Lipinski definition) is 0. The molecule has 0 N–H and O–H groups in total. The maximum atomic E-state index is 11.9. The molecule has 0 aliphatic carbocycles. The molecule has 0 spiro atoms. The van der Waals surface area contributed by atoms with Gasteiger partial charge in [0.1, 0.15) is 4.90 Å². The Morgan fingerprint density at radius 2 is 1.94 bits per heavy atom. The fourth-order valence-electron chi connectivity index (χ4n) is 1.23. The summed E-state index contributed by atoms with van der Waals surface area (Å²) in [7, 11) is -3.83. The zero-order valence-corrected chi connectivity index (χ0v) is 12.3. The fraction of sp³-hybridized carbons (Fsp3) is 0.385. The van der Waals surface area contributed by atoms with E-state index in [1.807, 2.05) is 20.8 Å². The minimum Gasteiger partial charge on any atom is -0.367 e. The van der Waals surface area contributed by atoms with Crippen molar-refractivity contribution in [3.63, 3.8) is 0 Å². The molecule has 0 radical (unpaired) electrons. The summed E-state index contributed by atoms with van der Waals surface area (Å²) in [4.78, 5) is 0.101. The first-order chi connectivity index (χ1) is 8.35. The molecule has 0 aliphatic heterocycles. The molecular weight excluding hydrogens is 272 g/mol. The summed E-state index contributed by atoms with van der Waals surface area (Å²) in [5, 5.41) is -0.107. The van der Waals surface area contributed by atoms with Gasteiger partial charge in [0.25, 0.3) is 0 Å². The monoisotopic (exact) mass is 288 g/mol. The SMILES string of the molecule is CCC(C)/C=C(/Cl)OS(=O)(=O)c1ccc(C)cc1. The van der Waals surface area contributed by atoms with Gasteiger partial charge in [0.05, 0.1) is 0 Å². The molecule has 0 saturated carbocycles. The Morgan fingerprint density at radius 1 is 1.39 bits per heavy atom. The third-order valence-electron chi connectivity index (χ3n) is 2.56. The van der Waals surface area contributed by atoms with Crippen molar-refractivity contribution in [2.75, 3.05) is 0 Å². The van der Waals surface area contributed by atoms with Crippen molar-refractivity contribution in [1.82, 2.24) is 0 Å². The first-order valence-corrected chi connectivity index (χ1v) is 7.52. The zero-order chi connectivity index (χ0) is 13.8. The zero-order valence-electron chi connectivity index (χ0n) is 10.7. The molecule has 1 unspecified atom stereocenters. The van der Waals surface area contributed by atoms with E-state index in [0.29, 0.717) is 0 Å². The molecule has 1 aromatic carbocycles. The van der Waals surface area contributed by atoms with Crippen LogP contribution in [0.5, 0.6) is 0 Å². The normalized spacial score (nSPS) is 14.3. The summed E-state index contributed by atoms with van der Waals surface area (Å²) in [5.41, 5.74) is 0.982. The number of hydrogen-bond acceptors (Lipinski definition) is 3. The van der Waals surface area contributed by atoms with Crippen LogP contribution in [0.1, 0.15) is 25.8 Å². The van der Waals surface area contributed by atoms with E-state index >= 15 is 0 Å². The molecule has 1 atom stereocenters. The molecule has 0 fully saturated rings. The molecule has 5 heteroatoms. The van der Waals surface area contributed by atoms with Crippen molar-refractivity contribution in [2.45, 2.75) is 32.1 Å². The molecule has 0 saturated heterocycles. The van der Waals surface area contributed by atoms with E-state index in [1.165, 1.54) is 12.1 Å². The molecule has 0 amide bonds. The van der Waals surface area contributed by atoms with Crippen molar-refractivity contribution in [3.8, 4) is 0 Å². The van der Waals surface area contributed by atoms with E-state index in [-0.39, 0.29) is 16.0 Å². The van der Waals surface area contributed by atoms with Crippen LogP contribution >= 0.6 is 11.6 Å². The van der Waals surface area contributed by atoms with Crippen LogP contribution in [0.2, 0.25) is 0 Å². The summed E-state index contributed by atoms with van der Waals surface area (Å²) in [6.45, 7) is 5.80. The highest BCUT2D eigenvalue weighted by Gasteiger charge is 2.17. The third kappa shape index (κ3) is 4.35. The van der Waals surface area contributed by atoms with E-state index in [9.17, 15) is 8.42 Å². The predicted octanol–water partition coefficient (Wildman–Crippen LogP) is 3.83. The summed E-state index contributed by atoms with van der Waals surface area (Å²) in [6, 6.07) is 6.42. The Bertz CT molecular complexity index is 518. The van der Waals surface area contributed by atoms with Crippen LogP contribution in [0.4, 0.5) is 0 Å². The van der Waals surface area contributed by atoms with Crippen LogP contribution in [0, 0.1) is 12.8 Å². The minimum atomic E-state index is -3.83. The van der Waals surface area contributed by atoms with Gasteiger partial charge < -0.3 is 4.18 Å². The molecular formula is C13H17ClO3S. The summed E-state index contributed by atoms with van der Waals surface area (Å²) in [6.07, 6.45) is 2.46. The third-order valence-corrected chi connectivity index (χ3v) is 4.10. The highest BCUT2D eigenvalue weighted by atomic mass is 35.5. The van der Waals surface area contributed by atoms with Crippen molar-refractivity contribution >= 4 is 21.7 Å². The number of halogens is 1. The molecule has 0 bridgehead atoms.